The first-order valence-electron chi connectivity index (χ1n) is 6.36. The Hall–Kier alpha value is -1.56. The number of hydrogen-bond donors (Lipinski definition) is 2. The fourth-order valence-corrected chi connectivity index (χ4v) is 3.02. The summed E-state index contributed by atoms with van der Waals surface area (Å²) in [5.74, 6) is -1.25. The summed E-state index contributed by atoms with van der Waals surface area (Å²) in [5, 5.41) is 13.9. The molecule has 0 saturated carbocycles. The zero-order valence-corrected chi connectivity index (χ0v) is 11.7. The molecule has 0 radical (unpaired) electrons. The first-order valence-corrected chi connectivity index (χ1v) is 7.24. The van der Waals surface area contributed by atoms with Gasteiger partial charge in [0.1, 0.15) is 0 Å². The Morgan fingerprint density at radius 3 is 2.89 bits per heavy atom. The van der Waals surface area contributed by atoms with E-state index in [1.54, 1.807) is 16.2 Å². The number of nitrogens with zero attached hydrogens (tertiary/aromatic N) is 1. The molecule has 1 aliphatic heterocycles. The number of carboxylic acids is 1. The molecule has 1 fully saturated rings. The molecule has 1 aliphatic rings. The number of thiophene rings is 1. The van der Waals surface area contributed by atoms with Gasteiger partial charge in [-0.15, -0.1) is 11.3 Å². The van der Waals surface area contributed by atoms with E-state index >= 15 is 0 Å². The molecule has 104 valence electrons. The topological polar surface area (TPSA) is 69.6 Å². The van der Waals surface area contributed by atoms with Crippen molar-refractivity contribution in [1.29, 1.82) is 0 Å². The van der Waals surface area contributed by atoms with E-state index in [1.165, 1.54) is 4.88 Å². The van der Waals surface area contributed by atoms with Crippen molar-refractivity contribution >= 4 is 23.3 Å². The molecule has 2 atom stereocenters. The number of likely N-dealkylation sites (tertiary alicyclic amines) is 1. The molecule has 2 N–H and O–H groups in total. The Morgan fingerprint density at radius 1 is 1.53 bits per heavy atom. The van der Waals surface area contributed by atoms with Gasteiger partial charge in [-0.3, -0.25) is 4.79 Å². The lowest BCUT2D eigenvalue weighted by molar-refractivity contribution is -0.142. The summed E-state index contributed by atoms with van der Waals surface area (Å²) in [5.41, 5.74) is 0. The molecule has 2 amide bonds. The molecule has 0 bridgehead atoms. The zero-order chi connectivity index (χ0) is 13.8. The van der Waals surface area contributed by atoms with Crippen LogP contribution in [0.5, 0.6) is 0 Å². The first kappa shape index (κ1) is 13.9. The van der Waals surface area contributed by atoms with Crippen molar-refractivity contribution in [2.45, 2.75) is 13.3 Å². The largest absolute Gasteiger partial charge is 0.481 e. The second kappa shape index (κ2) is 6.06. The second-order valence-electron chi connectivity index (χ2n) is 4.89. The fraction of sp³-hybridized carbons (Fsp3) is 0.538. The number of nitrogens with one attached hydrogen (secondary N) is 1. The summed E-state index contributed by atoms with van der Waals surface area (Å²) in [6.07, 6.45) is 0.815. The second-order valence-corrected chi connectivity index (χ2v) is 5.92. The molecule has 6 heteroatoms. The van der Waals surface area contributed by atoms with Crippen molar-refractivity contribution in [2.24, 2.45) is 11.8 Å². The number of hydrogen-bond acceptors (Lipinski definition) is 3. The summed E-state index contributed by atoms with van der Waals surface area (Å²) in [6, 6.07) is 3.86. The van der Waals surface area contributed by atoms with Crippen molar-refractivity contribution < 1.29 is 14.7 Å². The summed E-state index contributed by atoms with van der Waals surface area (Å²) in [7, 11) is 0. The minimum Gasteiger partial charge on any atom is -0.481 e. The number of rotatable bonds is 4. The molecular formula is C13H18N2O3S. The highest BCUT2D eigenvalue weighted by Crippen LogP contribution is 2.22. The van der Waals surface area contributed by atoms with Crippen LogP contribution in [0, 0.1) is 11.8 Å². The van der Waals surface area contributed by atoms with E-state index in [9.17, 15) is 9.59 Å². The highest BCUT2D eigenvalue weighted by Gasteiger charge is 2.36. The number of carboxylic acid groups (broad SMARTS) is 1. The van der Waals surface area contributed by atoms with Gasteiger partial charge in [-0.2, -0.15) is 0 Å². The van der Waals surface area contributed by atoms with Crippen LogP contribution in [0.2, 0.25) is 0 Å². The van der Waals surface area contributed by atoms with Gasteiger partial charge in [0.25, 0.3) is 0 Å². The number of urea groups is 1. The summed E-state index contributed by atoms with van der Waals surface area (Å²) < 4.78 is 0. The number of amides is 2. The van der Waals surface area contributed by atoms with Crippen molar-refractivity contribution in [3.63, 3.8) is 0 Å². The van der Waals surface area contributed by atoms with Crippen LogP contribution in [0.1, 0.15) is 11.8 Å². The Labute approximate surface area is 116 Å². The van der Waals surface area contributed by atoms with Crippen LogP contribution >= 0.6 is 11.3 Å². The van der Waals surface area contributed by atoms with E-state index in [1.807, 2.05) is 24.4 Å². The summed E-state index contributed by atoms with van der Waals surface area (Å²) in [4.78, 5) is 25.7. The normalized spacial score (nSPS) is 22.5. The molecule has 0 aromatic carbocycles. The standard InChI is InChI=1S/C13H18N2O3S/c1-9-7-15(8-11(9)12(16)17)13(18)14-5-4-10-3-2-6-19-10/h2-3,6,9,11H,4-5,7-8H2,1H3,(H,14,18)(H,16,17)/t9-,11-/m1/s1. The smallest absolute Gasteiger partial charge is 0.317 e. The van der Waals surface area contributed by atoms with Crippen molar-refractivity contribution in [3.8, 4) is 0 Å². The van der Waals surface area contributed by atoms with Gasteiger partial charge in [0, 0.05) is 24.5 Å². The van der Waals surface area contributed by atoms with Crippen LogP contribution in [0.15, 0.2) is 17.5 Å². The van der Waals surface area contributed by atoms with Crippen LogP contribution in [-0.2, 0) is 11.2 Å². The SMILES string of the molecule is C[C@@H]1CN(C(=O)NCCc2cccs2)C[C@H]1C(=O)O. The highest BCUT2D eigenvalue weighted by atomic mass is 32.1. The average Bonchev–Trinajstić information content (AvgIpc) is 2.98. The quantitative estimate of drug-likeness (QED) is 0.882. The Balaban J connectivity index is 1.76. The van der Waals surface area contributed by atoms with Crippen LogP contribution in [0.3, 0.4) is 0 Å². The van der Waals surface area contributed by atoms with Crippen LogP contribution in [0.25, 0.3) is 0 Å². The number of aliphatic carboxylic acids is 1. The van der Waals surface area contributed by atoms with E-state index in [-0.39, 0.29) is 11.9 Å². The summed E-state index contributed by atoms with van der Waals surface area (Å²) >= 11 is 1.67. The monoisotopic (exact) mass is 282 g/mol. The van der Waals surface area contributed by atoms with E-state index < -0.39 is 11.9 Å². The molecule has 19 heavy (non-hydrogen) atoms. The number of carbonyl (C=O) groups is 2. The minimum absolute atomic E-state index is 0.0144. The molecule has 0 spiro atoms. The fourth-order valence-electron chi connectivity index (χ4n) is 2.31. The van der Waals surface area contributed by atoms with Gasteiger partial charge in [0.05, 0.1) is 5.92 Å². The van der Waals surface area contributed by atoms with Gasteiger partial charge < -0.3 is 15.3 Å². The Bertz CT molecular complexity index is 447. The van der Waals surface area contributed by atoms with E-state index in [2.05, 4.69) is 5.32 Å². The maximum atomic E-state index is 11.9. The molecule has 2 rings (SSSR count). The van der Waals surface area contributed by atoms with Gasteiger partial charge in [-0.05, 0) is 23.8 Å². The lowest BCUT2D eigenvalue weighted by atomic mass is 9.99. The third-order valence-electron chi connectivity index (χ3n) is 3.44. The van der Waals surface area contributed by atoms with Crippen LogP contribution < -0.4 is 5.32 Å². The van der Waals surface area contributed by atoms with Crippen LogP contribution in [0.4, 0.5) is 4.79 Å². The lowest BCUT2D eigenvalue weighted by Gasteiger charge is -2.16. The third-order valence-corrected chi connectivity index (χ3v) is 4.38. The molecule has 1 aromatic heterocycles. The Kier molecular flexibility index (Phi) is 4.42. The molecular weight excluding hydrogens is 264 g/mol. The van der Waals surface area contributed by atoms with Crippen molar-refractivity contribution in [2.75, 3.05) is 19.6 Å². The van der Waals surface area contributed by atoms with Gasteiger partial charge in [-0.25, -0.2) is 4.79 Å². The molecule has 2 heterocycles. The zero-order valence-electron chi connectivity index (χ0n) is 10.8. The molecule has 1 saturated heterocycles. The lowest BCUT2D eigenvalue weighted by Crippen LogP contribution is -2.39. The maximum Gasteiger partial charge on any atom is 0.317 e. The Morgan fingerprint density at radius 2 is 2.32 bits per heavy atom. The van der Waals surface area contributed by atoms with Crippen molar-refractivity contribution in [1.82, 2.24) is 10.2 Å². The van der Waals surface area contributed by atoms with E-state index in [4.69, 9.17) is 5.11 Å². The number of carbonyl (C=O) groups excluding carboxylic acids is 1. The van der Waals surface area contributed by atoms with Gasteiger partial charge in [-0.1, -0.05) is 13.0 Å². The highest BCUT2D eigenvalue weighted by molar-refractivity contribution is 7.09. The molecule has 0 unspecified atom stereocenters. The first-order chi connectivity index (χ1) is 9.08. The van der Waals surface area contributed by atoms with Gasteiger partial charge >= 0.3 is 12.0 Å². The van der Waals surface area contributed by atoms with E-state index in [0.29, 0.717) is 19.6 Å². The molecule has 0 aliphatic carbocycles. The summed E-state index contributed by atoms with van der Waals surface area (Å²) in [6.45, 7) is 3.28. The maximum absolute atomic E-state index is 11.9. The minimum atomic E-state index is -0.818. The molecule has 5 nitrogen and oxygen atoms in total. The van der Waals surface area contributed by atoms with Gasteiger partial charge in [0.2, 0.25) is 0 Å². The predicted octanol–water partition coefficient (Wildman–Crippen LogP) is 1.65. The van der Waals surface area contributed by atoms with Crippen molar-refractivity contribution in [3.05, 3.63) is 22.4 Å². The average molecular weight is 282 g/mol. The third kappa shape index (κ3) is 3.47. The van der Waals surface area contributed by atoms with E-state index in [0.717, 1.165) is 6.42 Å². The van der Waals surface area contributed by atoms with Gasteiger partial charge in [0.15, 0.2) is 0 Å². The predicted molar refractivity (Wildman–Crippen MR) is 73.3 cm³/mol. The van der Waals surface area contributed by atoms with Crippen LogP contribution in [-0.4, -0.2) is 41.6 Å². The molecule has 1 aromatic rings.